The third-order valence-corrected chi connectivity index (χ3v) is 2.48. The molecule has 54 valence electrons. The number of hydrogen-bond acceptors (Lipinski definition) is 2. The monoisotopic (exact) mass is 153 g/mol. The number of thiophene rings is 1. The maximum atomic E-state index is 5.67. The molecule has 0 aliphatic carbocycles. The van der Waals surface area contributed by atoms with Gasteiger partial charge in [-0.25, -0.2) is 0 Å². The molecule has 2 heteroatoms. The number of hydrogen-bond donors (Lipinski definition) is 1. The van der Waals surface area contributed by atoms with Crippen molar-refractivity contribution in [3.05, 3.63) is 22.9 Å². The van der Waals surface area contributed by atoms with Crippen LogP contribution in [0.15, 0.2) is 18.0 Å². The van der Waals surface area contributed by atoms with Gasteiger partial charge >= 0.3 is 0 Å². The minimum Gasteiger partial charge on any atom is -0.398 e. The predicted octanol–water partition coefficient (Wildman–Crippen LogP) is 2.75. The van der Waals surface area contributed by atoms with E-state index in [0.29, 0.717) is 0 Å². The summed E-state index contributed by atoms with van der Waals surface area (Å²) in [5, 5.41) is 1.99. The Morgan fingerprint density at radius 2 is 2.50 bits per heavy atom. The van der Waals surface area contributed by atoms with E-state index in [1.165, 1.54) is 0 Å². The first-order valence-corrected chi connectivity index (χ1v) is 4.14. The average molecular weight is 153 g/mol. The Labute approximate surface area is 65.2 Å². The Bertz CT molecular complexity index is 237. The van der Waals surface area contributed by atoms with Gasteiger partial charge in [0, 0.05) is 5.69 Å². The molecule has 0 aliphatic heterocycles. The lowest BCUT2D eigenvalue weighted by atomic mass is 10.2. The second-order valence-corrected chi connectivity index (χ2v) is 3.08. The van der Waals surface area contributed by atoms with Crippen LogP contribution in [0.25, 0.3) is 5.57 Å². The third-order valence-electron chi connectivity index (χ3n) is 1.44. The molecule has 0 unspecified atom stereocenters. The van der Waals surface area contributed by atoms with Crippen LogP contribution in [0.1, 0.15) is 18.2 Å². The van der Waals surface area contributed by atoms with Gasteiger partial charge in [-0.05, 0) is 23.4 Å². The van der Waals surface area contributed by atoms with E-state index in [0.717, 1.165) is 22.6 Å². The lowest BCUT2D eigenvalue weighted by Crippen LogP contribution is -1.85. The highest BCUT2D eigenvalue weighted by Gasteiger charge is 2.01. The molecule has 0 saturated carbocycles. The number of nitrogen functional groups attached to an aromatic ring is 1. The molecule has 0 bridgehead atoms. The summed E-state index contributed by atoms with van der Waals surface area (Å²) >= 11 is 1.66. The van der Waals surface area contributed by atoms with E-state index in [-0.39, 0.29) is 0 Å². The topological polar surface area (TPSA) is 26.0 Å². The van der Waals surface area contributed by atoms with E-state index in [1.807, 2.05) is 11.4 Å². The summed E-state index contributed by atoms with van der Waals surface area (Å²) in [5.74, 6) is 0. The van der Waals surface area contributed by atoms with Gasteiger partial charge in [-0.3, -0.25) is 0 Å². The van der Waals surface area contributed by atoms with Gasteiger partial charge in [-0.15, -0.1) is 11.3 Å². The normalized spacial score (nSPS) is 9.70. The van der Waals surface area contributed by atoms with Crippen LogP contribution < -0.4 is 5.73 Å². The van der Waals surface area contributed by atoms with Crippen molar-refractivity contribution in [1.29, 1.82) is 0 Å². The summed E-state index contributed by atoms with van der Waals surface area (Å²) in [6.45, 7) is 5.99. The van der Waals surface area contributed by atoms with E-state index < -0.39 is 0 Å². The molecule has 0 atom stereocenters. The van der Waals surface area contributed by atoms with Gasteiger partial charge in [0.05, 0.1) is 4.88 Å². The first-order valence-electron chi connectivity index (χ1n) is 3.26. The van der Waals surface area contributed by atoms with Crippen LogP contribution >= 0.6 is 11.3 Å². The van der Waals surface area contributed by atoms with Gasteiger partial charge in [-0.1, -0.05) is 13.5 Å². The van der Waals surface area contributed by atoms with Gasteiger partial charge in [-0.2, -0.15) is 0 Å². The van der Waals surface area contributed by atoms with E-state index in [1.54, 1.807) is 11.3 Å². The molecule has 0 radical (unpaired) electrons. The molecule has 0 fully saturated rings. The molecule has 1 heterocycles. The van der Waals surface area contributed by atoms with Crippen molar-refractivity contribution < 1.29 is 0 Å². The summed E-state index contributed by atoms with van der Waals surface area (Å²) < 4.78 is 0. The number of allylic oxidation sites excluding steroid dienone is 1. The quantitative estimate of drug-likeness (QED) is 0.694. The highest BCUT2D eigenvalue weighted by Crippen LogP contribution is 2.27. The zero-order valence-electron chi connectivity index (χ0n) is 6.05. The lowest BCUT2D eigenvalue weighted by molar-refractivity contribution is 1.26. The van der Waals surface area contributed by atoms with Crippen LogP contribution in [-0.4, -0.2) is 0 Å². The molecule has 1 nitrogen and oxygen atoms in total. The second kappa shape index (κ2) is 2.88. The first-order chi connectivity index (χ1) is 4.75. The molecule has 0 aromatic carbocycles. The molecule has 2 N–H and O–H groups in total. The standard InChI is InChI=1S/C8H11NS/c1-3-6(2)8-7(9)4-5-10-8/h4-5H,2-3,9H2,1H3. The second-order valence-electron chi connectivity index (χ2n) is 2.16. The van der Waals surface area contributed by atoms with Crippen LogP contribution in [0.3, 0.4) is 0 Å². The van der Waals surface area contributed by atoms with Gasteiger partial charge in [0.1, 0.15) is 0 Å². The Kier molecular flexibility index (Phi) is 2.12. The van der Waals surface area contributed by atoms with Crippen molar-refractivity contribution in [3.63, 3.8) is 0 Å². The minimum absolute atomic E-state index is 0.858. The van der Waals surface area contributed by atoms with Crippen molar-refractivity contribution in [1.82, 2.24) is 0 Å². The molecule has 0 saturated heterocycles. The van der Waals surface area contributed by atoms with Gasteiger partial charge in [0.2, 0.25) is 0 Å². The van der Waals surface area contributed by atoms with Crippen molar-refractivity contribution in [2.75, 3.05) is 5.73 Å². The Morgan fingerprint density at radius 1 is 1.80 bits per heavy atom. The van der Waals surface area contributed by atoms with Crippen molar-refractivity contribution >= 4 is 22.6 Å². The average Bonchev–Trinajstić information content (AvgIpc) is 2.34. The van der Waals surface area contributed by atoms with Crippen LogP contribution in [0, 0.1) is 0 Å². The Balaban J connectivity index is 2.93. The molecule has 1 aromatic heterocycles. The Morgan fingerprint density at radius 3 is 2.90 bits per heavy atom. The first kappa shape index (κ1) is 7.35. The van der Waals surface area contributed by atoms with Crippen LogP contribution in [0.4, 0.5) is 5.69 Å². The summed E-state index contributed by atoms with van der Waals surface area (Å²) in [4.78, 5) is 1.14. The van der Waals surface area contributed by atoms with Gasteiger partial charge in [0.15, 0.2) is 0 Å². The van der Waals surface area contributed by atoms with Crippen molar-refractivity contribution in [3.8, 4) is 0 Å². The molecule has 0 spiro atoms. The number of anilines is 1. The minimum atomic E-state index is 0.858. The molecular weight excluding hydrogens is 142 g/mol. The zero-order chi connectivity index (χ0) is 7.56. The molecule has 10 heavy (non-hydrogen) atoms. The Hall–Kier alpha value is -0.760. The number of rotatable bonds is 2. The summed E-state index contributed by atoms with van der Waals surface area (Å²) in [6, 6.07) is 1.92. The summed E-state index contributed by atoms with van der Waals surface area (Å²) in [5.41, 5.74) is 7.66. The largest absolute Gasteiger partial charge is 0.398 e. The molecular formula is C8H11NS. The third kappa shape index (κ3) is 1.21. The fourth-order valence-corrected chi connectivity index (χ4v) is 1.63. The van der Waals surface area contributed by atoms with E-state index in [2.05, 4.69) is 13.5 Å². The highest BCUT2D eigenvalue weighted by molar-refractivity contribution is 7.11. The lowest BCUT2D eigenvalue weighted by Gasteiger charge is -1.98. The summed E-state index contributed by atoms with van der Waals surface area (Å²) in [6.07, 6.45) is 0.977. The molecule has 0 aliphatic rings. The van der Waals surface area contributed by atoms with E-state index in [9.17, 15) is 0 Å². The fourth-order valence-electron chi connectivity index (χ4n) is 0.767. The maximum absolute atomic E-state index is 5.67. The van der Waals surface area contributed by atoms with E-state index >= 15 is 0 Å². The van der Waals surface area contributed by atoms with Crippen LogP contribution in [0.5, 0.6) is 0 Å². The SMILES string of the molecule is C=C(CC)c1sccc1N. The van der Waals surface area contributed by atoms with Crippen LogP contribution in [0.2, 0.25) is 0 Å². The maximum Gasteiger partial charge on any atom is 0.0525 e. The smallest absolute Gasteiger partial charge is 0.0525 e. The fraction of sp³-hybridized carbons (Fsp3) is 0.250. The highest BCUT2D eigenvalue weighted by atomic mass is 32.1. The van der Waals surface area contributed by atoms with Crippen LogP contribution in [-0.2, 0) is 0 Å². The van der Waals surface area contributed by atoms with E-state index in [4.69, 9.17) is 5.73 Å². The van der Waals surface area contributed by atoms with Gasteiger partial charge in [0.25, 0.3) is 0 Å². The zero-order valence-corrected chi connectivity index (χ0v) is 6.87. The van der Waals surface area contributed by atoms with Gasteiger partial charge < -0.3 is 5.73 Å². The molecule has 1 rings (SSSR count). The predicted molar refractivity (Wildman–Crippen MR) is 48.1 cm³/mol. The number of nitrogens with two attached hydrogens (primary N) is 1. The van der Waals surface area contributed by atoms with Crippen molar-refractivity contribution in [2.24, 2.45) is 0 Å². The van der Waals surface area contributed by atoms with Crippen molar-refractivity contribution in [2.45, 2.75) is 13.3 Å². The summed E-state index contributed by atoms with van der Waals surface area (Å²) in [7, 11) is 0. The molecule has 0 amide bonds. The molecule has 1 aromatic rings.